The lowest BCUT2D eigenvalue weighted by Gasteiger charge is -2.19. The standard InChI is InChI=1S/C26H23FN4O/c1-26(2,29)18-6-9-20(10-7-18)30-24(17-5-3-4-16(14-17)12-13-28)23-21-11-8-19(27)15-22(21)31-25(23)32/h3-11,14-15,31-32H,12,29H2,1-2H3. The van der Waals surface area contributed by atoms with E-state index in [0.717, 1.165) is 16.7 Å². The van der Waals surface area contributed by atoms with Crippen molar-refractivity contribution >= 4 is 22.3 Å². The van der Waals surface area contributed by atoms with E-state index in [1.807, 2.05) is 62.4 Å². The van der Waals surface area contributed by atoms with E-state index in [0.29, 0.717) is 27.9 Å². The average Bonchev–Trinajstić information content (AvgIpc) is 3.06. The average molecular weight is 426 g/mol. The van der Waals surface area contributed by atoms with Gasteiger partial charge in [0, 0.05) is 16.5 Å². The van der Waals surface area contributed by atoms with Gasteiger partial charge in [0.1, 0.15) is 5.82 Å². The molecule has 5 nitrogen and oxygen atoms in total. The number of hydrogen-bond donors (Lipinski definition) is 3. The normalized spacial score (nSPS) is 12.2. The molecule has 4 N–H and O–H groups in total. The summed E-state index contributed by atoms with van der Waals surface area (Å²) < 4.78 is 13.7. The van der Waals surface area contributed by atoms with Crippen LogP contribution in [-0.2, 0) is 12.0 Å². The number of aromatic nitrogens is 1. The van der Waals surface area contributed by atoms with Crippen molar-refractivity contribution in [2.24, 2.45) is 10.7 Å². The van der Waals surface area contributed by atoms with Crippen molar-refractivity contribution in [1.29, 1.82) is 5.26 Å². The topological polar surface area (TPSA) is 98.2 Å². The van der Waals surface area contributed by atoms with E-state index < -0.39 is 11.4 Å². The number of aromatic amines is 1. The number of benzene rings is 3. The maximum Gasteiger partial charge on any atom is 0.199 e. The third-order valence-corrected chi connectivity index (χ3v) is 5.31. The van der Waals surface area contributed by atoms with Gasteiger partial charge < -0.3 is 15.8 Å². The van der Waals surface area contributed by atoms with Crippen molar-refractivity contribution in [3.05, 3.63) is 94.8 Å². The summed E-state index contributed by atoms with van der Waals surface area (Å²) >= 11 is 0. The van der Waals surface area contributed by atoms with Gasteiger partial charge in [0.05, 0.1) is 35.0 Å². The Kier molecular flexibility index (Phi) is 5.52. The Bertz CT molecular complexity index is 1360. The summed E-state index contributed by atoms with van der Waals surface area (Å²) in [5.74, 6) is -0.505. The number of aliphatic imine (C=N–C) groups is 1. The molecule has 0 saturated carbocycles. The third kappa shape index (κ3) is 4.25. The number of nitriles is 1. The monoisotopic (exact) mass is 426 g/mol. The Hall–Kier alpha value is -3.95. The molecule has 3 aromatic carbocycles. The van der Waals surface area contributed by atoms with Crippen LogP contribution in [0.3, 0.4) is 0 Å². The zero-order valence-electron chi connectivity index (χ0n) is 17.9. The lowest BCUT2D eigenvalue weighted by molar-refractivity contribution is 0.457. The highest BCUT2D eigenvalue weighted by atomic mass is 19.1. The molecule has 6 heteroatoms. The van der Waals surface area contributed by atoms with Gasteiger partial charge in [-0.25, -0.2) is 9.38 Å². The van der Waals surface area contributed by atoms with E-state index in [-0.39, 0.29) is 12.3 Å². The van der Waals surface area contributed by atoms with Crippen LogP contribution in [0, 0.1) is 17.1 Å². The van der Waals surface area contributed by atoms with Crippen molar-refractivity contribution in [2.75, 3.05) is 0 Å². The largest absolute Gasteiger partial charge is 0.494 e. The second kappa shape index (κ2) is 8.29. The van der Waals surface area contributed by atoms with E-state index in [2.05, 4.69) is 11.1 Å². The first-order chi connectivity index (χ1) is 15.3. The van der Waals surface area contributed by atoms with Gasteiger partial charge in [-0.05, 0) is 61.4 Å². The Balaban J connectivity index is 1.92. The summed E-state index contributed by atoms with van der Waals surface area (Å²) in [4.78, 5) is 7.69. The van der Waals surface area contributed by atoms with Crippen LogP contribution in [-0.4, -0.2) is 15.8 Å². The van der Waals surface area contributed by atoms with Crippen molar-refractivity contribution in [3.8, 4) is 11.9 Å². The minimum Gasteiger partial charge on any atom is -0.494 e. The number of hydrogen-bond acceptors (Lipinski definition) is 4. The fraction of sp³-hybridized carbons (Fsp3) is 0.154. The molecule has 0 aliphatic heterocycles. The van der Waals surface area contributed by atoms with Gasteiger partial charge in [0.25, 0.3) is 0 Å². The number of nitrogens with two attached hydrogens (primary N) is 1. The van der Waals surface area contributed by atoms with Gasteiger partial charge in [-0.1, -0.05) is 30.3 Å². The zero-order valence-corrected chi connectivity index (χ0v) is 17.9. The second-order valence-electron chi connectivity index (χ2n) is 8.30. The van der Waals surface area contributed by atoms with E-state index >= 15 is 0 Å². The van der Waals surface area contributed by atoms with Crippen LogP contribution in [0.1, 0.15) is 36.1 Å². The molecular formula is C26H23FN4O. The fourth-order valence-electron chi connectivity index (χ4n) is 3.67. The van der Waals surface area contributed by atoms with E-state index in [1.54, 1.807) is 6.07 Å². The number of halogens is 1. The molecule has 0 saturated heterocycles. The Morgan fingerprint density at radius 1 is 1.12 bits per heavy atom. The molecule has 0 atom stereocenters. The van der Waals surface area contributed by atoms with Gasteiger partial charge in [-0.15, -0.1) is 0 Å². The molecule has 0 fully saturated rings. The molecule has 0 spiro atoms. The smallest absolute Gasteiger partial charge is 0.199 e. The van der Waals surface area contributed by atoms with E-state index in [1.165, 1.54) is 12.1 Å². The summed E-state index contributed by atoms with van der Waals surface area (Å²) in [5, 5.41) is 20.5. The summed E-state index contributed by atoms with van der Waals surface area (Å²) in [6.07, 6.45) is 0.256. The number of nitrogens with zero attached hydrogens (tertiary/aromatic N) is 2. The molecule has 0 aliphatic rings. The highest BCUT2D eigenvalue weighted by Gasteiger charge is 2.20. The molecule has 0 bridgehead atoms. The fourth-order valence-corrected chi connectivity index (χ4v) is 3.67. The SMILES string of the molecule is CC(C)(N)c1ccc(N=C(c2cccc(CC#N)c2)c2c(O)[nH]c3cc(F)ccc23)cc1. The quantitative estimate of drug-likeness (QED) is 0.371. The molecule has 160 valence electrons. The number of aromatic hydroxyl groups is 1. The van der Waals surface area contributed by atoms with Gasteiger partial charge in [-0.2, -0.15) is 5.26 Å². The maximum atomic E-state index is 13.7. The van der Waals surface area contributed by atoms with Crippen molar-refractivity contribution in [3.63, 3.8) is 0 Å². The van der Waals surface area contributed by atoms with E-state index in [4.69, 9.17) is 16.0 Å². The molecule has 0 unspecified atom stereocenters. The lowest BCUT2D eigenvalue weighted by atomic mass is 9.95. The van der Waals surface area contributed by atoms with Crippen molar-refractivity contribution < 1.29 is 9.50 Å². The minimum absolute atomic E-state index is 0.102. The third-order valence-electron chi connectivity index (χ3n) is 5.31. The molecule has 32 heavy (non-hydrogen) atoms. The summed E-state index contributed by atoms with van der Waals surface area (Å²) in [6, 6.07) is 21.5. The minimum atomic E-state index is -0.476. The first-order valence-corrected chi connectivity index (χ1v) is 10.2. The van der Waals surface area contributed by atoms with E-state index in [9.17, 15) is 9.50 Å². The Morgan fingerprint density at radius 3 is 2.56 bits per heavy atom. The lowest BCUT2D eigenvalue weighted by Crippen LogP contribution is -2.28. The maximum absolute atomic E-state index is 13.7. The number of fused-ring (bicyclic) bond motifs is 1. The van der Waals surface area contributed by atoms with Crippen LogP contribution in [0.25, 0.3) is 10.9 Å². The van der Waals surface area contributed by atoms with Crippen LogP contribution in [0.2, 0.25) is 0 Å². The van der Waals surface area contributed by atoms with Crippen LogP contribution in [0.5, 0.6) is 5.88 Å². The number of rotatable bonds is 5. The first kappa shape index (κ1) is 21.3. The van der Waals surface area contributed by atoms with Gasteiger partial charge in [-0.3, -0.25) is 0 Å². The predicted octanol–water partition coefficient (Wildman–Crippen LogP) is 5.44. The Morgan fingerprint density at radius 2 is 1.88 bits per heavy atom. The second-order valence-corrected chi connectivity index (χ2v) is 8.30. The van der Waals surface area contributed by atoms with Gasteiger partial charge in [0.15, 0.2) is 5.88 Å². The predicted molar refractivity (Wildman–Crippen MR) is 125 cm³/mol. The zero-order chi connectivity index (χ0) is 22.9. The van der Waals surface area contributed by atoms with Crippen LogP contribution in [0.15, 0.2) is 71.7 Å². The van der Waals surface area contributed by atoms with Crippen LogP contribution >= 0.6 is 0 Å². The highest BCUT2D eigenvalue weighted by Crippen LogP contribution is 2.32. The molecular weight excluding hydrogens is 403 g/mol. The molecule has 1 aromatic heterocycles. The van der Waals surface area contributed by atoms with Crippen molar-refractivity contribution in [1.82, 2.24) is 4.98 Å². The molecule has 0 radical (unpaired) electrons. The number of H-pyrrole nitrogens is 1. The highest BCUT2D eigenvalue weighted by molar-refractivity contribution is 6.21. The van der Waals surface area contributed by atoms with Gasteiger partial charge in [0.2, 0.25) is 0 Å². The summed E-state index contributed by atoms with van der Waals surface area (Å²) in [6.45, 7) is 3.86. The molecule has 1 heterocycles. The first-order valence-electron chi connectivity index (χ1n) is 10.2. The van der Waals surface area contributed by atoms with Gasteiger partial charge >= 0.3 is 0 Å². The van der Waals surface area contributed by atoms with Crippen LogP contribution < -0.4 is 5.73 Å². The van der Waals surface area contributed by atoms with Crippen LogP contribution in [0.4, 0.5) is 10.1 Å². The molecule has 0 aliphatic carbocycles. The van der Waals surface area contributed by atoms with Crippen molar-refractivity contribution in [2.45, 2.75) is 25.8 Å². The molecule has 0 amide bonds. The molecule has 4 aromatic rings. The summed E-state index contributed by atoms with van der Waals surface area (Å²) in [7, 11) is 0. The Labute approximate surface area is 185 Å². The summed E-state index contributed by atoms with van der Waals surface area (Å²) in [5.41, 5.74) is 10.4. The number of nitrogens with one attached hydrogen (secondary N) is 1. The molecule has 4 rings (SSSR count).